The Morgan fingerprint density at radius 3 is 2.37 bits per heavy atom. The van der Waals surface area contributed by atoms with Crippen molar-refractivity contribution in [3.05, 3.63) is 88.8 Å². The predicted octanol–water partition coefficient (Wildman–Crippen LogP) is 6.37. The molecule has 1 aliphatic heterocycles. The predicted molar refractivity (Wildman–Crippen MR) is 157 cm³/mol. The molecule has 0 bridgehead atoms. The van der Waals surface area contributed by atoms with Gasteiger partial charge in [0.25, 0.3) is 0 Å². The fourth-order valence-electron chi connectivity index (χ4n) is 6.25. The molecule has 1 aliphatic carbocycles. The van der Waals surface area contributed by atoms with E-state index in [1.54, 1.807) is 0 Å². The minimum Gasteiger partial charge on any atom is -0.368 e. The summed E-state index contributed by atoms with van der Waals surface area (Å²) in [6.45, 7) is 5.86. The van der Waals surface area contributed by atoms with Crippen molar-refractivity contribution in [1.82, 2.24) is 14.5 Å². The average molecular weight is 510 g/mol. The number of anilines is 3. The number of aromatic nitrogens is 2. The molecule has 0 amide bonds. The van der Waals surface area contributed by atoms with E-state index in [2.05, 4.69) is 86.8 Å². The quantitative estimate of drug-likeness (QED) is 0.304. The van der Waals surface area contributed by atoms with Gasteiger partial charge in [0.05, 0.1) is 22.4 Å². The summed E-state index contributed by atoms with van der Waals surface area (Å²) in [6.07, 6.45) is 7.45. The van der Waals surface area contributed by atoms with Crippen LogP contribution in [0.25, 0.3) is 11.0 Å². The largest absolute Gasteiger partial charge is 0.368 e. The first kappa shape index (κ1) is 24.8. The number of para-hydroxylation sites is 1. The molecule has 3 aromatic carbocycles. The molecule has 2 fully saturated rings. The lowest BCUT2D eigenvalue weighted by molar-refractivity contribution is 0.285. The Morgan fingerprint density at radius 1 is 0.816 bits per heavy atom. The van der Waals surface area contributed by atoms with Gasteiger partial charge in [0.2, 0.25) is 0 Å². The minimum absolute atomic E-state index is 0.0123. The zero-order valence-electron chi connectivity index (χ0n) is 22.2. The Hall–Kier alpha value is -3.51. The van der Waals surface area contributed by atoms with Gasteiger partial charge in [-0.05, 0) is 55.0 Å². The lowest BCUT2D eigenvalue weighted by Crippen LogP contribution is -2.31. The van der Waals surface area contributed by atoms with Gasteiger partial charge >= 0.3 is 5.69 Å². The Labute approximate surface area is 225 Å². The van der Waals surface area contributed by atoms with Crippen LogP contribution in [-0.2, 0) is 13.1 Å². The van der Waals surface area contributed by atoms with Gasteiger partial charge in [0, 0.05) is 45.0 Å². The zero-order valence-corrected chi connectivity index (χ0v) is 22.2. The summed E-state index contributed by atoms with van der Waals surface area (Å²) in [5, 5.41) is 3.66. The van der Waals surface area contributed by atoms with Crippen molar-refractivity contribution >= 4 is 28.1 Å². The van der Waals surface area contributed by atoms with Gasteiger partial charge in [-0.2, -0.15) is 0 Å². The lowest BCUT2D eigenvalue weighted by atomic mass is 9.89. The maximum absolute atomic E-state index is 13.1. The molecule has 1 saturated heterocycles. The third kappa shape index (κ3) is 5.65. The normalized spacial score (nSPS) is 17.5. The van der Waals surface area contributed by atoms with Crippen LogP contribution in [0.15, 0.2) is 77.6 Å². The van der Waals surface area contributed by atoms with Crippen LogP contribution in [0, 0.1) is 5.92 Å². The summed E-state index contributed by atoms with van der Waals surface area (Å²) in [5.74, 6) is 0.593. The monoisotopic (exact) mass is 509 g/mol. The van der Waals surface area contributed by atoms with Crippen molar-refractivity contribution in [3.63, 3.8) is 0 Å². The number of nitrogens with one attached hydrogen (secondary N) is 2. The SMILES string of the molecule is O=c1[nH]c2cc(Nc3ccccc3)c(N3CCCN(Cc4ccccc4)CC3)cc2n1CC1CCCCC1. The number of benzene rings is 3. The number of imidazole rings is 1. The fraction of sp³-hybridized carbons (Fsp3) is 0.406. The standard InChI is InChI=1S/C32H39N5O/c38-32-34-29-21-28(33-27-15-8-3-9-16-27)30(22-31(29)37(32)24-26-13-6-2-7-14-26)36-18-10-17-35(19-20-36)23-25-11-4-1-5-12-25/h1,3-5,8-9,11-12,15-16,21-22,26,33H,2,6-7,10,13-14,17-20,23-24H2,(H,34,38). The van der Waals surface area contributed by atoms with E-state index in [1.807, 2.05) is 10.6 Å². The lowest BCUT2D eigenvalue weighted by Gasteiger charge is -2.27. The van der Waals surface area contributed by atoms with E-state index in [1.165, 1.54) is 43.4 Å². The molecule has 0 spiro atoms. The molecule has 4 aromatic rings. The fourth-order valence-corrected chi connectivity index (χ4v) is 6.25. The van der Waals surface area contributed by atoms with E-state index in [-0.39, 0.29) is 5.69 Å². The maximum Gasteiger partial charge on any atom is 0.326 e. The van der Waals surface area contributed by atoms with Crippen LogP contribution in [0.3, 0.4) is 0 Å². The van der Waals surface area contributed by atoms with Crippen LogP contribution >= 0.6 is 0 Å². The molecule has 6 nitrogen and oxygen atoms in total. The Balaban J connectivity index is 1.31. The molecule has 1 saturated carbocycles. The molecule has 0 unspecified atom stereocenters. The number of hydrogen-bond donors (Lipinski definition) is 2. The van der Waals surface area contributed by atoms with E-state index in [0.29, 0.717) is 5.92 Å². The summed E-state index contributed by atoms with van der Waals surface area (Å²) in [4.78, 5) is 21.3. The number of hydrogen-bond acceptors (Lipinski definition) is 4. The summed E-state index contributed by atoms with van der Waals surface area (Å²) in [6, 6.07) is 25.5. The first-order chi connectivity index (χ1) is 18.7. The maximum atomic E-state index is 13.1. The van der Waals surface area contributed by atoms with Gasteiger partial charge in [-0.1, -0.05) is 67.8 Å². The Bertz CT molecular complexity index is 1390. The molecular formula is C32H39N5O. The van der Waals surface area contributed by atoms with Gasteiger partial charge in [0.15, 0.2) is 0 Å². The smallest absolute Gasteiger partial charge is 0.326 e. The van der Waals surface area contributed by atoms with Crippen molar-refractivity contribution in [2.75, 3.05) is 36.4 Å². The van der Waals surface area contributed by atoms with Crippen LogP contribution in [-0.4, -0.2) is 40.6 Å². The van der Waals surface area contributed by atoms with Crippen molar-refractivity contribution in [1.29, 1.82) is 0 Å². The van der Waals surface area contributed by atoms with Crippen LogP contribution in [0.5, 0.6) is 0 Å². The van der Waals surface area contributed by atoms with Gasteiger partial charge in [-0.25, -0.2) is 4.79 Å². The van der Waals surface area contributed by atoms with E-state index < -0.39 is 0 Å². The molecule has 198 valence electrons. The van der Waals surface area contributed by atoms with Gasteiger partial charge < -0.3 is 15.2 Å². The van der Waals surface area contributed by atoms with E-state index in [9.17, 15) is 4.79 Å². The summed E-state index contributed by atoms with van der Waals surface area (Å²) in [7, 11) is 0. The molecule has 1 aromatic heterocycles. The van der Waals surface area contributed by atoms with Crippen LogP contribution in [0.2, 0.25) is 0 Å². The number of H-pyrrole nitrogens is 1. The van der Waals surface area contributed by atoms with Crippen LogP contribution in [0.1, 0.15) is 44.1 Å². The molecule has 2 aliphatic rings. The van der Waals surface area contributed by atoms with Crippen molar-refractivity contribution < 1.29 is 0 Å². The number of nitrogens with zero attached hydrogens (tertiary/aromatic N) is 3. The number of aromatic amines is 1. The van der Waals surface area contributed by atoms with E-state index in [0.717, 1.165) is 68.1 Å². The second-order valence-electron chi connectivity index (χ2n) is 11.0. The molecule has 38 heavy (non-hydrogen) atoms. The highest BCUT2D eigenvalue weighted by Crippen LogP contribution is 2.34. The van der Waals surface area contributed by atoms with Crippen LogP contribution in [0.4, 0.5) is 17.1 Å². The highest BCUT2D eigenvalue weighted by molar-refractivity contribution is 5.90. The molecule has 2 heterocycles. The summed E-state index contributed by atoms with van der Waals surface area (Å²) < 4.78 is 2.00. The molecule has 2 N–H and O–H groups in total. The van der Waals surface area contributed by atoms with Gasteiger partial charge in [-0.15, -0.1) is 0 Å². The summed E-state index contributed by atoms with van der Waals surface area (Å²) in [5.41, 5.74) is 6.60. The summed E-state index contributed by atoms with van der Waals surface area (Å²) >= 11 is 0. The molecule has 6 rings (SSSR count). The third-order valence-electron chi connectivity index (χ3n) is 8.29. The highest BCUT2D eigenvalue weighted by Gasteiger charge is 2.22. The Kier molecular flexibility index (Phi) is 7.49. The topological polar surface area (TPSA) is 56.3 Å². The molecule has 6 heteroatoms. The van der Waals surface area contributed by atoms with E-state index in [4.69, 9.17) is 0 Å². The molecule has 0 atom stereocenters. The highest BCUT2D eigenvalue weighted by atomic mass is 16.1. The third-order valence-corrected chi connectivity index (χ3v) is 8.29. The number of fused-ring (bicyclic) bond motifs is 1. The van der Waals surface area contributed by atoms with Gasteiger partial charge in [-0.3, -0.25) is 9.47 Å². The molecule has 0 radical (unpaired) electrons. The van der Waals surface area contributed by atoms with Crippen molar-refractivity contribution in [3.8, 4) is 0 Å². The second kappa shape index (κ2) is 11.5. The first-order valence-corrected chi connectivity index (χ1v) is 14.3. The van der Waals surface area contributed by atoms with Crippen molar-refractivity contribution in [2.24, 2.45) is 5.92 Å². The zero-order chi connectivity index (χ0) is 25.7. The van der Waals surface area contributed by atoms with Crippen molar-refractivity contribution in [2.45, 2.75) is 51.6 Å². The van der Waals surface area contributed by atoms with E-state index >= 15 is 0 Å². The molecular weight excluding hydrogens is 470 g/mol. The minimum atomic E-state index is 0.0123. The average Bonchev–Trinajstić information content (AvgIpc) is 3.09. The van der Waals surface area contributed by atoms with Gasteiger partial charge in [0.1, 0.15) is 0 Å². The van der Waals surface area contributed by atoms with Crippen LogP contribution < -0.4 is 15.9 Å². The first-order valence-electron chi connectivity index (χ1n) is 14.3. The second-order valence-corrected chi connectivity index (χ2v) is 11.0. The number of rotatable bonds is 7. The Morgan fingerprint density at radius 2 is 1.58 bits per heavy atom.